The second kappa shape index (κ2) is 5.79. The van der Waals surface area contributed by atoms with E-state index in [4.69, 9.17) is 4.74 Å². The average Bonchev–Trinajstić information content (AvgIpc) is 2.94. The van der Waals surface area contributed by atoms with E-state index in [1.54, 1.807) is 10.9 Å². The highest BCUT2D eigenvalue weighted by atomic mass is 16.5. The van der Waals surface area contributed by atoms with Crippen molar-refractivity contribution < 1.29 is 9.64 Å². The van der Waals surface area contributed by atoms with E-state index in [0.29, 0.717) is 12.1 Å². The van der Waals surface area contributed by atoms with Gasteiger partial charge >= 0.3 is 0 Å². The van der Waals surface area contributed by atoms with Crippen molar-refractivity contribution in [2.45, 2.75) is 13.5 Å². The van der Waals surface area contributed by atoms with Crippen molar-refractivity contribution >= 4 is 21.9 Å². The van der Waals surface area contributed by atoms with E-state index >= 15 is 0 Å². The molecular weight excluding hydrogens is 292 g/mol. The number of rotatable bonds is 3. The van der Waals surface area contributed by atoms with Gasteiger partial charge in [-0.15, -0.1) is 0 Å². The second-order valence-electron chi connectivity index (χ2n) is 6.25. The molecule has 0 spiro atoms. The topological polar surface area (TPSA) is 64.3 Å². The van der Waals surface area contributed by atoms with Crippen LogP contribution < -0.4 is 10.5 Å². The first kappa shape index (κ1) is 14.4. The fourth-order valence-corrected chi connectivity index (χ4v) is 3.25. The van der Waals surface area contributed by atoms with E-state index < -0.39 is 0 Å². The standard InChI is InChI=1S/C17H20N4O2/c1-12-2-3-14-13(10-12)15-16(19-14)17(22)21(11-18-15)5-4-20-6-8-23-9-7-20/h2-3,10-11,19H,4-9H2,1H3/p+1. The van der Waals surface area contributed by atoms with Crippen LogP contribution in [0.5, 0.6) is 0 Å². The summed E-state index contributed by atoms with van der Waals surface area (Å²) < 4.78 is 7.09. The molecule has 0 aliphatic carbocycles. The average molecular weight is 313 g/mol. The molecule has 3 heterocycles. The lowest BCUT2D eigenvalue weighted by atomic mass is 10.2. The number of benzene rings is 1. The molecule has 120 valence electrons. The number of morpholine rings is 1. The Morgan fingerprint density at radius 1 is 1.35 bits per heavy atom. The molecule has 1 aromatic carbocycles. The van der Waals surface area contributed by atoms with Gasteiger partial charge in [0.15, 0.2) is 0 Å². The fourth-order valence-electron chi connectivity index (χ4n) is 3.25. The minimum atomic E-state index is 0.0107. The molecule has 0 amide bonds. The molecule has 1 fully saturated rings. The summed E-state index contributed by atoms with van der Waals surface area (Å²) in [7, 11) is 0. The zero-order chi connectivity index (χ0) is 15.8. The van der Waals surface area contributed by atoms with Crippen LogP contribution >= 0.6 is 0 Å². The van der Waals surface area contributed by atoms with Crippen molar-refractivity contribution in [1.82, 2.24) is 14.5 Å². The van der Waals surface area contributed by atoms with E-state index in [2.05, 4.69) is 16.0 Å². The Labute approximate surface area is 133 Å². The van der Waals surface area contributed by atoms with Crippen LogP contribution in [0.1, 0.15) is 5.56 Å². The summed E-state index contributed by atoms with van der Waals surface area (Å²) >= 11 is 0. The first-order valence-corrected chi connectivity index (χ1v) is 8.11. The van der Waals surface area contributed by atoms with Crippen LogP contribution in [0.3, 0.4) is 0 Å². The maximum absolute atomic E-state index is 12.7. The van der Waals surface area contributed by atoms with Crippen LogP contribution in [0.15, 0.2) is 29.3 Å². The number of aromatic amines is 1. The molecule has 0 bridgehead atoms. The highest BCUT2D eigenvalue weighted by molar-refractivity contribution is 6.04. The molecule has 2 aromatic heterocycles. The van der Waals surface area contributed by atoms with E-state index in [1.165, 1.54) is 10.5 Å². The lowest BCUT2D eigenvalue weighted by Crippen LogP contribution is -3.14. The Balaban J connectivity index is 1.67. The molecule has 3 aromatic rings. The molecule has 6 nitrogen and oxygen atoms in total. The number of ether oxygens (including phenoxy) is 1. The summed E-state index contributed by atoms with van der Waals surface area (Å²) in [6.07, 6.45) is 1.68. The Hall–Kier alpha value is -2.18. The minimum absolute atomic E-state index is 0.0107. The third-order valence-corrected chi connectivity index (χ3v) is 4.63. The van der Waals surface area contributed by atoms with Crippen LogP contribution in [-0.2, 0) is 11.3 Å². The number of aromatic nitrogens is 3. The van der Waals surface area contributed by atoms with Crippen molar-refractivity contribution in [2.75, 3.05) is 32.8 Å². The summed E-state index contributed by atoms with van der Waals surface area (Å²) in [6, 6.07) is 6.12. The predicted octanol–water partition coefficient (Wildman–Crippen LogP) is 0.101. The normalized spacial score (nSPS) is 16.4. The maximum atomic E-state index is 12.7. The number of quaternary nitrogens is 1. The minimum Gasteiger partial charge on any atom is -0.370 e. The molecule has 6 heteroatoms. The van der Waals surface area contributed by atoms with Gasteiger partial charge in [0.1, 0.15) is 24.1 Å². The van der Waals surface area contributed by atoms with Gasteiger partial charge < -0.3 is 14.6 Å². The summed E-state index contributed by atoms with van der Waals surface area (Å²) in [5, 5.41) is 1.02. The number of H-pyrrole nitrogens is 1. The van der Waals surface area contributed by atoms with Gasteiger partial charge in [-0.05, 0) is 19.1 Å². The number of hydrogen-bond donors (Lipinski definition) is 2. The number of fused-ring (bicyclic) bond motifs is 3. The Kier molecular flexibility index (Phi) is 3.63. The van der Waals surface area contributed by atoms with Crippen LogP contribution in [0, 0.1) is 6.92 Å². The van der Waals surface area contributed by atoms with Gasteiger partial charge in [0.25, 0.3) is 5.56 Å². The Bertz CT molecular complexity index is 906. The fraction of sp³-hybridized carbons (Fsp3) is 0.412. The molecule has 0 saturated carbocycles. The van der Waals surface area contributed by atoms with Crippen LogP contribution in [0.4, 0.5) is 0 Å². The predicted molar refractivity (Wildman–Crippen MR) is 89.0 cm³/mol. The van der Waals surface area contributed by atoms with Gasteiger partial charge in [-0.25, -0.2) is 4.98 Å². The lowest BCUT2D eigenvalue weighted by Gasteiger charge is -2.23. The van der Waals surface area contributed by atoms with Crippen molar-refractivity contribution in [2.24, 2.45) is 0 Å². The van der Waals surface area contributed by atoms with Gasteiger partial charge in [-0.3, -0.25) is 9.36 Å². The van der Waals surface area contributed by atoms with E-state index in [9.17, 15) is 4.79 Å². The van der Waals surface area contributed by atoms with Crippen LogP contribution in [-0.4, -0.2) is 47.4 Å². The third kappa shape index (κ3) is 2.64. The molecular formula is C17H21N4O2+. The molecule has 4 rings (SSSR count). The summed E-state index contributed by atoms with van der Waals surface area (Å²) in [5.74, 6) is 0. The quantitative estimate of drug-likeness (QED) is 0.721. The van der Waals surface area contributed by atoms with E-state index in [0.717, 1.165) is 49.3 Å². The largest absolute Gasteiger partial charge is 0.370 e. The van der Waals surface area contributed by atoms with Gasteiger partial charge in [0, 0.05) is 10.9 Å². The number of nitrogens with zero attached hydrogens (tertiary/aromatic N) is 2. The van der Waals surface area contributed by atoms with Crippen molar-refractivity contribution in [1.29, 1.82) is 0 Å². The Morgan fingerprint density at radius 2 is 2.17 bits per heavy atom. The lowest BCUT2D eigenvalue weighted by molar-refractivity contribution is -0.908. The first-order chi connectivity index (χ1) is 11.2. The van der Waals surface area contributed by atoms with Crippen LogP contribution in [0.2, 0.25) is 0 Å². The van der Waals surface area contributed by atoms with E-state index in [-0.39, 0.29) is 5.56 Å². The number of nitrogens with one attached hydrogen (secondary N) is 2. The zero-order valence-electron chi connectivity index (χ0n) is 13.3. The highest BCUT2D eigenvalue weighted by Gasteiger charge is 2.15. The summed E-state index contributed by atoms with van der Waals surface area (Å²) in [6.45, 7) is 7.30. The SMILES string of the molecule is Cc1ccc2[nH]c3c(=O)n(CC[NH+]4CCOCC4)cnc3c2c1. The molecule has 0 unspecified atom stereocenters. The molecule has 0 radical (unpaired) electrons. The molecule has 2 N–H and O–H groups in total. The van der Waals surface area contributed by atoms with Gasteiger partial charge in [0.05, 0.1) is 32.6 Å². The zero-order valence-corrected chi connectivity index (χ0v) is 13.3. The van der Waals surface area contributed by atoms with Gasteiger partial charge in [0.2, 0.25) is 0 Å². The van der Waals surface area contributed by atoms with Crippen molar-refractivity contribution in [3.63, 3.8) is 0 Å². The smallest absolute Gasteiger partial charge is 0.277 e. The molecule has 1 aliphatic rings. The molecule has 0 atom stereocenters. The highest BCUT2D eigenvalue weighted by Crippen LogP contribution is 2.22. The molecule has 1 saturated heterocycles. The number of aryl methyl sites for hydroxylation is 1. The van der Waals surface area contributed by atoms with E-state index in [1.807, 2.05) is 19.1 Å². The monoisotopic (exact) mass is 313 g/mol. The van der Waals surface area contributed by atoms with Crippen molar-refractivity contribution in [3.05, 3.63) is 40.4 Å². The third-order valence-electron chi connectivity index (χ3n) is 4.63. The molecule has 23 heavy (non-hydrogen) atoms. The number of hydrogen-bond acceptors (Lipinski definition) is 3. The maximum Gasteiger partial charge on any atom is 0.277 e. The first-order valence-electron chi connectivity index (χ1n) is 8.11. The Morgan fingerprint density at radius 3 is 3.00 bits per heavy atom. The molecule has 1 aliphatic heterocycles. The van der Waals surface area contributed by atoms with Crippen LogP contribution in [0.25, 0.3) is 21.9 Å². The second-order valence-corrected chi connectivity index (χ2v) is 6.25. The van der Waals surface area contributed by atoms with Gasteiger partial charge in [-0.1, -0.05) is 11.6 Å². The summed E-state index contributed by atoms with van der Waals surface area (Å²) in [4.78, 5) is 22.0. The van der Waals surface area contributed by atoms with Gasteiger partial charge in [-0.2, -0.15) is 0 Å². The van der Waals surface area contributed by atoms with Crippen molar-refractivity contribution in [3.8, 4) is 0 Å². The summed E-state index contributed by atoms with van der Waals surface area (Å²) in [5.41, 5.74) is 3.51.